The lowest BCUT2D eigenvalue weighted by Gasteiger charge is -2.17. The first kappa shape index (κ1) is 17.9. The SMILES string of the molecule is CC(CCc1ccc(CN)s1)NCC(O)COc1ccccc1. The van der Waals surface area contributed by atoms with Gasteiger partial charge in [0.2, 0.25) is 0 Å². The molecule has 0 radical (unpaired) electrons. The second kappa shape index (κ2) is 9.67. The maximum absolute atomic E-state index is 9.98. The number of ether oxygens (including phenoxy) is 1. The number of nitrogens with one attached hydrogen (secondary N) is 1. The average Bonchev–Trinajstić information content (AvgIpc) is 3.05. The van der Waals surface area contributed by atoms with Gasteiger partial charge in [0.15, 0.2) is 0 Å². The largest absolute Gasteiger partial charge is 0.491 e. The van der Waals surface area contributed by atoms with Gasteiger partial charge in [-0.15, -0.1) is 11.3 Å². The molecule has 23 heavy (non-hydrogen) atoms. The van der Waals surface area contributed by atoms with E-state index in [9.17, 15) is 5.11 Å². The van der Waals surface area contributed by atoms with E-state index in [-0.39, 0.29) is 0 Å². The summed E-state index contributed by atoms with van der Waals surface area (Å²) in [6.45, 7) is 3.59. The molecule has 0 spiro atoms. The minimum atomic E-state index is -0.511. The number of aryl methyl sites for hydroxylation is 1. The van der Waals surface area contributed by atoms with Gasteiger partial charge >= 0.3 is 0 Å². The predicted molar refractivity (Wildman–Crippen MR) is 95.9 cm³/mol. The lowest BCUT2D eigenvalue weighted by Crippen LogP contribution is -2.36. The first-order valence-corrected chi connectivity index (χ1v) is 8.86. The Kier molecular flexibility index (Phi) is 7.55. The summed E-state index contributed by atoms with van der Waals surface area (Å²) < 4.78 is 5.54. The number of aliphatic hydroxyl groups is 1. The zero-order valence-corrected chi connectivity index (χ0v) is 14.4. The third kappa shape index (κ3) is 6.71. The highest BCUT2D eigenvalue weighted by atomic mass is 32.1. The summed E-state index contributed by atoms with van der Waals surface area (Å²) >= 11 is 1.78. The molecule has 2 atom stereocenters. The summed E-state index contributed by atoms with van der Waals surface area (Å²) in [5.41, 5.74) is 5.63. The molecule has 0 fully saturated rings. The quantitative estimate of drug-likeness (QED) is 0.625. The van der Waals surface area contributed by atoms with E-state index in [1.54, 1.807) is 11.3 Å². The smallest absolute Gasteiger partial charge is 0.119 e. The van der Waals surface area contributed by atoms with Crippen molar-refractivity contribution in [3.8, 4) is 5.75 Å². The number of hydrogen-bond acceptors (Lipinski definition) is 5. The van der Waals surface area contributed by atoms with Gasteiger partial charge in [-0.05, 0) is 44.0 Å². The van der Waals surface area contributed by atoms with Gasteiger partial charge in [-0.1, -0.05) is 18.2 Å². The maximum atomic E-state index is 9.98. The van der Waals surface area contributed by atoms with Crippen molar-refractivity contribution in [3.05, 3.63) is 52.2 Å². The van der Waals surface area contributed by atoms with Gasteiger partial charge in [0.1, 0.15) is 18.5 Å². The summed E-state index contributed by atoms with van der Waals surface area (Å²) in [6.07, 6.45) is 1.56. The third-order valence-corrected chi connectivity index (χ3v) is 4.80. The van der Waals surface area contributed by atoms with Gasteiger partial charge in [0.25, 0.3) is 0 Å². The van der Waals surface area contributed by atoms with Gasteiger partial charge < -0.3 is 20.9 Å². The van der Waals surface area contributed by atoms with Gasteiger partial charge in [-0.25, -0.2) is 0 Å². The molecule has 2 aromatic rings. The van der Waals surface area contributed by atoms with Crippen molar-refractivity contribution in [1.29, 1.82) is 0 Å². The Balaban J connectivity index is 1.60. The average molecular weight is 334 g/mol. The second-order valence-electron chi connectivity index (χ2n) is 5.70. The topological polar surface area (TPSA) is 67.5 Å². The number of hydrogen-bond donors (Lipinski definition) is 3. The van der Waals surface area contributed by atoms with Crippen LogP contribution in [0.1, 0.15) is 23.1 Å². The molecule has 1 heterocycles. The molecule has 1 aromatic heterocycles. The molecule has 2 rings (SSSR count). The van der Waals surface area contributed by atoms with Crippen molar-refractivity contribution in [1.82, 2.24) is 5.32 Å². The Morgan fingerprint density at radius 3 is 2.61 bits per heavy atom. The highest BCUT2D eigenvalue weighted by Gasteiger charge is 2.09. The number of nitrogens with two attached hydrogens (primary N) is 1. The van der Waals surface area contributed by atoms with Crippen molar-refractivity contribution in [3.63, 3.8) is 0 Å². The van der Waals surface area contributed by atoms with E-state index in [2.05, 4.69) is 24.4 Å². The number of para-hydroxylation sites is 1. The lowest BCUT2D eigenvalue weighted by atomic mass is 10.1. The number of rotatable bonds is 10. The Hall–Kier alpha value is -1.40. The molecule has 0 saturated heterocycles. The number of aliphatic hydroxyl groups excluding tert-OH is 1. The van der Waals surface area contributed by atoms with Crippen LogP contribution in [-0.2, 0) is 13.0 Å². The summed E-state index contributed by atoms with van der Waals surface area (Å²) in [4.78, 5) is 2.60. The molecule has 2 unspecified atom stereocenters. The van der Waals surface area contributed by atoms with Crippen LogP contribution >= 0.6 is 11.3 Å². The molecule has 126 valence electrons. The van der Waals surface area contributed by atoms with Crippen LogP contribution in [0.5, 0.6) is 5.75 Å². The lowest BCUT2D eigenvalue weighted by molar-refractivity contribution is 0.104. The van der Waals surface area contributed by atoms with Crippen LogP contribution in [0, 0.1) is 0 Å². The Bertz CT molecular complexity index is 559. The molecule has 0 aliphatic heterocycles. The van der Waals surface area contributed by atoms with Gasteiger partial charge in [-0.2, -0.15) is 0 Å². The second-order valence-corrected chi connectivity index (χ2v) is 6.95. The van der Waals surface area contributed by atoms with Crippen LogP contribution in [0.4, 0.5) is 0 Å². The first-order chi connectivity index (χ1) is 11.2. The molecule has 0 aliphatic rings. The Morgan fingerprint density at radius 2 is 1.91 bits per heavy atom. The Labute approximate surface area is 142 Å². The summed E-state index contributed by atoms with van der Waals surface area (Å²) in [6, 6.07) is 14.2. The van der Waals surface area contributed by atoms with Gasteiger partial charge in [-0.3, -0.25) is 0 Å². The molecular formula is C18H26N2O2S. The fraction of sp³-hybridized carbons (Fsp3) is 0.444. The summed E-state index contributed by atoms with van der Waals surface area (Å²) in [7, 11) is 0. The normalized spacial score (nSPS) is 13.7. The summed E-state index contributed by atoms with van der Waals surface area (Å²) in [5.74, 6) is 0.785. The van der Waals surface area contributed by atoms with Gasteiger partial charge in [0, 0.05) is 28.9 Å². The van der Waals surface area contributed by atoms with E-state index in [1.165, 1.54) is 9.75 Å². The van der Waals surface area contributed by atoms with Crippen molar-refractivity contribution >= 4 is 11.3 Å². The predicted octanol–water partition coefficient (Wildman–Crippen LogP) is 2.56. The van der Waals surface area contributed by atoms with E-state index >= 15 is 0 Å². The minimum Gasteiger partial charge on any atom is -0.491 e. The zero-order valence-electron chi connectivity index (χ0n) is 13.6. The minimum absolute atomic E-state index is 0.300. The molecule has 0 saturated carbocycles. The molecular weight excluding hydrogens is 308 g/mol. The molecule has 5 heteroatoms. The zero-order chi connectivity index (χ0) is 16.5. The van der Waals surface area contributed by atoms with Crippen LogP contribution in [0.25, 0.3) is 0 Å². The van der Waals surface area contributed by atoms with Crippen LogP contribution in [0.3, 0.4) is 0 Å². The molecule has 0 amide bonds. The van der Waals surface area contributed by atoms with E-state index in [1.807, 2.05) is 30.3 Å². The third-order valence-electron chi connectivity index (χ3n) is 3.63. The van der Waals surface area contributed by atoms with E-state index in [0.29, 0.717) is 25.7 Å². The standard InChI is InChI=1S/C18H26N2O2S/c1-14(7-8-17-9-10-18(11-19)23-17)20-12-15(21)13-22-16-5-3-2-4-6-16/h2-6,9-10,14-15,20-21H,7-8,11-13,19H2,1H3. The Morgan fingerprint density at radius 1 is 1.17 bits per heavy atom. The molecule has 1 aromatic carbocycles. The van der Waals surface area contributed by atoms with Crippen molar-refractivity contribution < 1.29 is 9.84 Å². The number of benzene rings is 1. The number of thiophene rings is 1. The molecule has 0 aliphatic carbocycles. The monoisotopic (exact) mass is 334 g/mol. The molecule has 4 N–H and O–H groups in total. The first-order valence-electron chi connectivity index (χ1n) is 8.04. The van der Waals surface area contributed by atoms with Crippen LogP contribution in [0.15, 0.2) is 42.5 Å². The molecule has 0 bridgehead atoms. The van der Waals surface area contributed by atoms with Crippen molar-refractivity contribution in [2.75, 3.05) is 13.2 Å². The maximum Gasteiger partial charge on any atom is 0.119 e. The van der Waals surface area contributed by atoms with Crippen LogP contribution < -0.4 is 15.8 Å². The highest BCUT2D eigenvalue weighted by Crippen LogP contribution is 2.18. The van der Waals surface area contributed by atoms with E-state index in [4.69, 9.17) is 10.5 Å². The van der Waals surface area contributed by atoms with Crippen molar-refractivity contribution in [2.24, 2.45) is 5.73 Å². The van der Waals surface area contributed by atoms with E-state index < -0.39 is 6.10 Å². The fourth-order valence-electron chi connectivity index (χ4n) is 2.23. The fourth-order valence-corrected chi connectivity index (χ4v) is 3.14. The highest BCUT2D eigenvalue weighted by molar-refractivity contribution is 7.11. The molecule has 4 nitrogen and oxygen atoms in total. The van der Waals surface area contributed by atoms with Crippen molar-refractivity contribution in [2.45, 2.75) is 38.5 Å². The van der Waals surface area contributed by atoms with Gasteiger partial charge in [0.05, 0.1) is 0 Å². The summed E-state index contributed by atoms with van der Waals surface area (Å²) in [5, 5.41) is 13.3. The van der Waals surface area contributed by atoms with E-state index in [0.717, 1.165) is 18.6 Å². The van der Waals surface area contributed by atoms with Crippen LogP contribution in [0.2, 0.25) is 0 Å². The van der Waals surface area contributed by atoms with Crippen LogP contribution in [-0.4, -0.2) is 30.4 Å².